The van der Waals surface area contributed by atoms with E-state index in [4.69, 9.17) is 17.3 Å². The first-order valence-electron chi connectivity index (χ1n) is 5.33. The second-order valence-electron chi connectivity index (χ2n) is 4.23. The normalized spacial score (nSPS) is 12.9. The first-order valence-corrected chi connectivity index (χ1v) is 5.70. The predicted molar refractivity (Wildman–Crippen MR) is 65.8 cm³/mol. The van der Waals surface area contributed by atoms with Crippen LogP contribution in [0.1, 0.15) is 37.3 Å². The van der Waals surface area contributed by atoms with Crippen molar-refractivity contribution in [3.8, 4) is 0 Å². The fraction of sp³-hybridized carbons (Fsp3) is 0.545. The van der Waals surface area contributed by atoms with E-state index in [2.05, 4.69) is 5.32 Å². The highest BCUT2D eigenvalue weighted by molar-refractivity contribution is 6.31. The molecule has 0 radical (unpaired) electrons. The van der Waals surface area contributed by atoms with Gasteiger partial charge in [0.1, 0.15) is 5.69 Å². The molecule has 16 heavy (non-hydrogen) atoms. The lowest BCUT2D eigenvalue weighted by Crippen LogP contribution is -2.36. The third kappa shape index (κ3) is 3.25. The lowest BCUT2D eigenvalue weighted by atomic mass is 10.3. The second-order valence-corrected chi connectivity index (χ2v) is 4.67. The number of nitrogens with two attached hydrogens (primary N) is 1. The Bertz CT molecular complexity index is 371. The highest BCUT2D eigenvalue weighted by Crippen LogP contribution is 2.18. The third-order valence-corrected chi connectivity index (χ3v) is 2.40. The number of carbonyl (C=O) groups is 1. The van der Waals surface area contributed by atoms with Gasteiger partial charge in [-0.2, -0.15) is 0 Å². The number of nitrogens with zero attached hydrogens (tertiary/aromatic N) is 1. The molecule has 90 valence electrons. The molecule has 0 saturated carbocycles. The molecule has 0 spiro atoms. The lowest BCUT2D eigenvalue weighted by molar-refractivity contribution is 0.0941. The fourth-order valence-electron chi connectivity index (χ4n) is 1.40. The molecule has 1 unspecified atom stereocenters. The number of aromatic nitrogens is 1. The molecule has 1 heterocycles. The van der Waals surface area contributed by atoms with Crippen LogP contribution in [0.4, 0.5) is 0 Å². The predicted octanol–water partition coefficient (Wildman–Crippen LogP) is 1.80. The van der Waals surface area contributed by atoms with Gasteiger partial charge in [0.2, 0.25) is 0 Å². The van der Waals surface area contributed by atoms with E-state index in [0.717, 1.165) is 0 Å². The number of halogens is 1. The number of nitrogens with one attached hydrogen (secondary N) is 1. The second kappa shape index (κ2) is 5.37. The van der Waals surface area contributed by atoms with E-state index >= 15 is 0 Å². The van der Waals surface area contributed by atoms with Crippen LogP contribution < -0.4 is 11.1 Å². The van der Waals surface area contributed by atoms with E-state index in [9.17, 15) is 4.79 Å². The molecule has 4 nitrogen and oxygen atoms in total. The summed E-state index contributed by atoms with van der Waals surface area (Å²) in [5.74, 6) is -0.141. The van der Waals surface area contributed by atoms with Crippen molar-refractivity contribution in [3.63, 3.8) is 0 Å². The summed E-state index contributed by atoms with van der Waals surface area (Å²) < 4.78 is 1.85. The number of hydrogen-bond acceptors (Lipinski definition) is 2. The van der Waals surface area contributed by atoms with Gasteiger partial charge < -0.3 is 15.6 Å². The van der Waals surface area contributed by atoms with Crippen molar-refractivity contribution in [1.29, 1.82) is 0 Å². The maximum atomic E-state index is 11.8. The summed E-state index contributed by atoms with van der Waals surface area (Å²) in [5.41, 5.74) is 6.14. The number of carbonyl (C=O) groups excluding carboxylic acids is 1. The van der Waals surface area contributed by atoms with Gasteiger partial charge in [0.25, 0.3) is 5.91 Å². The van der Waals surface area contributed by atoms with Crippen LogP contribution in [0.2, 0.25) is 5.02 Å². The minimum absolute atomic E-state index is 0.0538. The molecular weight excluding hydrogens is 226 g/mol. The lowest BCUT2D eigenvalue weighted by Gasteiger charge is -2.13. The molecule has 5 heteroatoms. The van der Waals surface area contributed by atoms with Crippen LogP contribution in [0.15, 0.2) is 12.3 Å². The number of rotatable bonds is 4. The van der Waals surface area contributed by atoms with E-state index in [0.29, 0.717) is 17.3 Å². The summed E-state index contributed by atoms with van der Waals surface area (Å²) in [6.45, 7) is 6.30. The first kappa shape index (κ1) is 13.1. The highest BCUT2D eigenvalue weighted by Gasteiger charge is 2.14. The van der Waals surface area contributed by atoms with Gasteiger partial charge in [-0.15, -0.1) is 0 Å². The van der Waals surface area contributed by atoms with Gasteiger partial charge in [-0.05, 0) is 26.8 Å². The largest absolute Gasteiger partial charge is 0.349 e. The van der Waals surface area contributed by atoms with E-state index in [-0.39, 0.29) is 18.0 Å². The van der Waals surface area contributed by atoms with Crippen LogP contribution in [0, 0.1) is 0 Å². The van der Waals surface area contributed by atoms with Crippen molar-refractivity contribution in [2.45, 2.75) is 32.9 Å². The van der Waals surface area contributed by atoms with Gasteiger partial charge in [0.15, 0.2) is 0 Å². The molecule has 1 rings (SSSR count). The Labute approximate surface area is 101 Å². The van der Waals surface area contributed by atoms with Crippen LogP contribution in [0.3, 0.4) is 0 Å². The van der Waals surface area contributed by atoms with E-state index in [1.54, 1.807) is 12.3 Å². The zero-order valence-corrected chi connectivity index (χ0v) is 10.6. The maximum Gasteiger partial charge on any atom is 0.268 e. The van der Waals surface area contributed by atoms with Crippen molar-refractivity contribution in [1.82, 2.24) is 9.88 Å². The molecule has 3 N–H and O–H groups in total. The van der Waals surface area contributed by atoms with E-state index < -0.39 is 0 Å². The average Bonchev–Trinajstić information content (AvgIpc) is 2.56. The molecular formula is C11H18ClN3O. The molecule has 0 aliphatic rings. The van der Waals surface area contributed by atoms with Gasteiger partial charge in [0.05, 0.1) is 5.02 Å². The summed E-state index contributed by atoms with van der Waals surface area (Å²) in [4.78, 5) is 11.8. The molecule has 1 aromatic rings. The molecule has 1 atom stereocenters. The monoisotopic (exact) mass is 243 g/mol. The smallest absolute Gasteiger partial charge is 0.268 e. The highest BCUT2D eigenvalue weighted by atomic mass is 35.5. The number of amides is 1. The zero-order chi connectivity index (χ0) is 12.3. The number of hydrogen-bond donors (Lipinski definition) is 2. The quantitative estimate of drug-likeness (QED) is 0.847. The molecule has 1 aromatic heterocycles. The van der Waals surface area contributed by atoms with Crippen LogP contribution in [-0.2, 0) is 0 Å². The van der Waals surface area contributed by atoms with Gasteiger partial charge in [0, 0.05) is 24.8 Å². The Morgan fingerprint density at radius 1 is 1.56 bits per heavy atom. The van der Waals surface area contributed by atoms with E-state index in [1.807, 2.05) is 25.3 Å². The maximum absolute atomic E-state index is 11.8. The van der Waals surface area contributed by atoms with Crippen LogP contribution in [0.5, 0.6) is 0 Å². The van der Waals surface area contributed by atoms with Crippen LogP contribution >= 0.6 is 11.6 Å². The first-order chi connectivity index (χ1) is 7.41. The summed E-state index contributed by atoms with van der Waals surface area (Å²) in [6, 6.07) is 1.81. The molecule has 0 fully saturated rings. The molecule has 0 bridgehead atoms. The van der Waals surface area contributed by atoms with Crippen molar-refractivity contribution in [3.05, 3.63) is 23.0 Å². The Hall–Kier alpha value is -1.00. The van der Waals surface area contributed by atoms with Crippen LogP contribution in [0.25, 0.3) is 0 Å². The molecule has 1 amide bonds. The summed E-state index contributed by atoms with van der Waals surface area (Å²) in [6.07, 6.45) is 1.76. The Morgan fingerprint density at radius 3 is 2.69 bits per heavy atom. The van der Waals surface area contributed by atoms with Crippen molar-refractivity contribution < 1.29 is 4.79 Å². The van der Waals surface area contributed by atoms with Gasteiger partial charge >= 0.3 is 0 Å². The Balaban J connectivity index is 2.82. The summed E-state index contributed by atoms with van der Waals surface area (Å²) >= 11 is 5.89. The average molecular weight is 244 g/mol. The Morgan fingerprint density at radius 2 is 2.19 bits per heavy atom. The van der Waals surface area contributed by atoms with Gasteiger partial charge in [-0.1, -0.05) is 11.6 Å². The summed E-state index contributed by atoms with van der Waals surface area (Å²) in [5, 5.41) is 3.33. The van der Waals surface area contributed by atoms with Crippen molar-refractivity contribution in [2.75, 3.05) is 6.54 Å². The molecule has 0 aromatic carbocycles. The third-order valence-electron chi connectivity index (χ3n) is 2.19. The SMILES string of the molecule is CC(N)CNC(=O)c1cc(Cl)cn1C(C)C. The van der Waals surface area contributed by atoms with Crippen molar-refractivity contribution in [2.24, 2.45) is 5.73 Å². The summed E-state index contributed by atoms with van der Waals surface area (Å²) in [7, 11) is 0. The minimum Gasteiger partial charge on any atom is -0.349 e. The molecule has 0 aliphatic carbocycles. The topological polar surface area (TPSA) is 60.0 Å². The molecule has 0 aliphatic heterocycles. The van der Waals surface area contributed by atoms with Gasteiger partial charge in [-0.25, -0.2) is 0 Å². The molecule has 0 saturated heterocycles. The van der Waals surface area contributed by atoms with Crippen LogP contribution in [-0.4, -0.2) is 23.1 Å². The fourth-order valence-corrected chi connectivity index (χ4v) is 1.61. The zero-order valence-electron chi connectivity index (χ0n) is 9.83. The Kier molecular flexibility index (Phi) is 4.38. The van der Waals surface area contributed by atoms with Crippen molar-refractivity contribution >= 4 is 17.5 Å². The van der Waals surface area contributed by atoms with E-state index in [1.165, 1.54) is 0 Å². The van der Waals surface area contributed by atoms with Gasteiger partial charge in [-0.3, -0.25) is 4.79 Å². The minimum atomic E-state index is -0.141. The standard InChI is InChI=1S/C11H18ClN3O/c1-7(2)15-6-9(12)4-10(15)11(16)14-5-8(3)13/h4,6-8H,5,13H2,1-3H3,(H,14,16).